The van der Waals surface area contributed by atoms with Crippen molar-refractivity contribution in [1.82, 2.24) is 10.2 Å². The number of amides is 1. The van der Waals surface area contributed by atoms with Gasteiger partial charge >= 0.3 is 0 Å². The molecule has 0 aliphatic rings. The first-order valence-electron chi connectivity index (χ1n) is 5.54. The molecule has 0 saturated carbocycles. The van der Waals surface area contributed by atoms with Crippen molar-refractivity contribution < 1.29 is 9.53 Å². The zero-order valence-corrected chi connectivity index (χ0v) is 10.4. The summed E-state index contributed by atoms with van der Waals surface area (Å²) in [5.41, 5.74) is 0. The van der Waals surface area contributed by atoms with Crippen molar-refractivity contribution in [3.05, 3.63) is 0 Å². The van der Waals surface area contributed by atoms with Crippen molar-refractivity contribution in [2.24, 2.45) is 5.92 Å². The fraction of sp³-hybridized carbons (Fsp3) is 0.909. The topological polar surface area (TPSA) is 41.6 Å². The number of hydrogen-bond acceptors (Lipinski definition) is 3. The maximum absolute atomic E-state index is 10.8. The van der Waals surface area contributed by atoms with Gasteiger partial charge in [0.05, 0.1) is 13.2 Å². The Hall–Kier alpha value is -0.610. The van der Waals surface area contributed by atoms with Gasteiger partial charge in [0.15, 0.2) is 0 Å². The summed E-state index contributed by atoms with van der Waals surface area (Å²) in [4.78, 5) is 12.5. The van der Waals surface area contributed by atoms with E-state index in [1.807, 2.05) is 0 Å². The average Bonchev–Trinajstić information content (AvgIpc) is 2.15. The first-order valence-corrected chi connectivity index (χ1v) is 5.54. The van der Waals surface area contributed by atoms with Crippen molar-refractivity contribution in [3.8, 4) is 0 Å². The molecule has 0 aromatic heterocycles. The fourth-order valence-corrected chi connectivity index (χ4v) is 0.996. The van der Waals surface area contributed by atoms with Crippen LogP contribution in [0.4, 0.5) is 0 Å². The Morgan fingerprint density at radius 3 is 2.60 bits per heavy atom. The number of rotatable bonds is 8. The van der Waals surface area contributed by atoms with Crippen LogP contribution in [0.25, 0.3) is 0 Å². The smallest absolute Gasteiger partial charge is 0.219 e. The highest BCUT2D eigenvalue weighted by atomic mass is 16.5. The fourth-order valence-electron chi connectivity index (χ4n) is 0.996. The second kappa shape index (κ2) is 8.68. The Morgan fingerprint density at radius 2 is 2.07 bits per heavy atom. The first-order chi connectivity index (χ1) is 7.04. The van der Waals surface area contributed by atoms with Crippen LogP contribution in [0.2, 0.25) is 0 Å². The van der Waals surface area contributed by atoms with Crippen LogP contribution in [0.15, 0.2) is 0 Å². The van der Waals surface area contributed by atoms with Crippen molar-refractivity contribution in [2.75, 3.05) is 39.9 Å². The summed E-state index contributed by atoms with van der Waals surface area (Å²) in [6.45, 7) is 9.80. The number of nitrogens with zero attached hydrogens (tertiary/aromatic N) is 1. The normalized spacial score (nSPS) is 10.7. The summed E-state index contributed by atoms with van der Waals surface area (Å²) in [5.74, 6) is 0.755. The Balaban J connectivity index is 3.15. The zero-order chi connectivity index (χ0) is 11.7. The molecule has 0 aliphatic carbocycles. The lowest BCUT2D eigenvalue weighted by Gasteiger charge is -2.14. The molecule has 1 amide bonds. The molecule has 0 aliphatic heterocycles. The minimum Gasteiger partial charge on any atom is -0.378 e. The largest absolute Gasteiger partial charge is 0.378 e. The van der Waals surface area contributed by atoms with Crippen LogP contribution >= 0.6 is 0 Å². The van der Waals surface area contributed by atoms with Crippen LogP contribution in [-0.2, 0) is 9.53 Å². The lowest BCUT2D eigenvalue weighted by Crippen LogP contribution is -2.29. The van der Waals surface area contributed by atoms with Crippen molar-refractivity contribution in [1.29, 1.82) is 0 Å². The van der Waals surface area contributed by atoms with E-state index in [1.165, 1.54) is 0 Å². The van der Waals surface area contributed by atoms with Gasteiger partial charge in [-0.2, -0.15) is 0 Å². The lowest BCUT2D eigenvalue weighted by molar-refractivity contribution is -0.128. The zero-order valence-electron chi connectivity index (χ0n) is 10.4. The molecule has 4 nitrogen and oxygen atoms in total. The number of likely N-dealkylation sites (N-methyl/N-ethyl adjacent to an activating group) is 1. The molecule has 0 unspecified atom stereocenters. The Morgan fingerprint density at radius 1 is 1.40 bits per heavy atom. The summed E-state index contributed by atoms with van der Waals surface area (Å²) < 4.78 is 5.38. The van der Waals surface area contributed by atoms with Gasteiger partial charge in [0.1, 0.15) is 0 Å². The van der Waals surface area contributed by atoms with E-state index in [-0.39, 0.29) is 5.91 Å². The molecule has 0 aromatic carbocycles. The molecule has 4 heteroatoms. The molecule has 15 heavy (non-hydrogen) atoms. The van der Waals surface area contributed by atoms with E-state index >= 15 is 0 Å². The van der Waals surface area contributed by atoms with Gasteiger partial charge in [0.2, 0.25) is 5.91 Å². The molecule has 0 heterocycles. The molecule has 1 N–H and O–H groups in total. The molecule has 0 saturated heterocycles. The summed E-state index contributed by atoms with van der Waals surface area (Å²) in [6.07, 6.45) is 0. The SMILES string of the molecule is CC(=O)N(C)CCOCCNCC(C)C. The van der Waals surface area contributed by atoms with Crippen molar-refractivity contribution >= 4 is 5.91 Å². The van der Waals surface area contributed by atoms with Gasteiger partial charge in [0, 0.05) is 27.1 Å². The van der Waals surface area contributed by atoms with E-state index in [9.17, 15) is 4.79 Å². The predicted molar refractivity (Wildman–Crippen MR) is 61.8 cm³/mol. The van der Waals surface area contributed by atoms with E-state index < -0.39 is 0 Å². The molecular formula is C11H24N2O2. The highest BCUT2D eigenvalue weighted by molar-refractivity contribution is 5.72. The summed E-state index contributed by atoms with van der Waals surface area (Å²) >= 11 is 0. The van der Waals surface area contributed by atoms with Gasteiger partial charge in [-0.1, -0.05) is 13.8 Å². The van der Waals surface area contributed by atoms with E-state index in [4.69, 9.17) is 4.74 Å². The molecule has 0 rings (SSSR count). The van der Waals surface area contributed by atoms with Gasteiger partial charge < -0.3 is 15.0 Å². The van der Waals surface area contributed by atoms with E-state index in [0.29, 0.717) is 25.7 Å². The van der Waals surface area contributed by atoms with Crippen LogP contribution < -0.4 is 5.32 Å². The number of carbonyl (C=O) groups excluding carboxylic acids is 1. The molecule has 0 atom stereocenters. The Kier molecular flexibility index (Phi) is 8.33. The summed E-state index contributed by atoms with van der Waals surface area (Å²) in [5, 5.41) is 3.29. The summed E-state index contributed by atoms with van der Waals surface area (Å²) in [6, 6.07) is 0. The monoisotopic (exact) mass is 216 g/mol. The lowest BCUT2D eigenvalue weighted by atomic mass is 10.2. The van der Waals surface area contributed by atoms with Crippen LogP contribution in [0, 0.1) is 5.92 Å². The minimum atomic E-state index is 0.0801. The number of hydrogen-bond donors (Lipinski definition) is 1. The Labute approximate surface area is 93.0 Å². The molecule has 0 aromatic rings. The highest BCUT2D eigenvalue weighted by Gasteiger charge is 2.00. The van der Waals surface area contributed by atoms with Crippen LogP contribution in [-0.4, -0.2) is 50.7 Å². The first kappa shape index (κ1) is 14.4. The Bertz CT molecular complexity index is 172. The van der Waals surface area contributed by atoms with Crippen LogP contribution in [0.5, 0.6) is 0 Å². The minimum absolute atomic E-state index is 0.0801. The van der Waals surface area contributed by atoms with Gasteiger partial charge in [-0.05, 0) is 12.5 Å². The molecule has 0 bridgehead atoms. The second-order valence-electron chi connectivity index (χ2n) is 4.15. The molecule has 0 fully saturated rings. The predicted octanol–water partition coefficient (Wildman–Crippen LogP) is 0.727. The molecule has 90 valence electrons. The number of ether oxygens (including phenoxy) is 1. The summed E-state index contributed by atoms with van der Waals surface area (Å²) in [7, 11) is 1.78. The third kappa shape index (κ3) is 9.69. The maximum Gasteiger partial charge on any atom is 0.219 e. The number of carbonyl (C=O) groups is 1. The van der Waals surface area contributed by atoms with Crippen molar-refractivity contribution in [2.45, 2.75) is 20.8 Å². The van der Waals surface area contributed by atoms with Crippen LogP contribution in [0.1, 0.15) is 20.8 Å². The highest BCUT2D eigenvalue weighted by Crippen LogP contribution is 1.87. The molecular weight excluding hydrogens is 192 g/mol. The average molecular weight is 216 g/mol. The third-order valence-electron chi connectivity index (χ3n) is 2.08. The quantitative estimate of drug-likeness (QED) is 0.608. The second-order valence-corrected chi connectivity index (χ2v) is 4.15. The van der Waals surface area contributed by atoms with Crippen LogP contribution in [0.3, 0.4) is 0 Å². The molecule has 0 spiro atoms. The maximum atomic E-state index is 10.8. The van der Waals surface area contributed by atoms with E-state index in [2.05, 4.69) is 19.2 Å². The van der Waals surface area contributed by atoms with Gasteiger partial charge in [-0.15, -0.1) is 0 Å². The van der Waals surface area contributed by atoms with Gasteiger partial charge in [-0.25, -0.2) is 0 Å². The molecule has 0 radical (unpaired) electrons. The van der Waals surface area contributed by atoms with E-state index in [0.717, 1.165) is 13.1 Å². The standard InChI is InChI=1S/C11H24N2O2/c1-10(2)9-12-5-7-15-8-6-13(4)11(3)14/h10,12H,5-9H2,1-4H3. The van der Waals surface area contributed by atoms with E-state index in [1.54, 1.807) is 18.9 Å². The third-order valence-corrected chi connectivity index (χ3v) is 2.08. The van der Waals surface area contributed by atoms with Crippen molar-refractivity contribution in [3.63, 3.8) is 0 Å². The van der Waals surface area contributed by atoms with Gasteiger partial charge in [-0.3, -0.25) is 4.79 Å². The van der Waals surface area contributed by atoms with Gasteiger partial charge in [0.25, 0.3) is 0 Å². The number of nitrogens with one attached hydrogen (secondary N) is 1.